The van der Waals surface area contributed by atoms with Crippen molar-refractivity contribution < 1.29 is 4.74 Å². The number of fused-ring (bicyclic) bond motifs is 2. The first-order valence-corrected chi connectivity index (χ1v) is 8.82. The Morgan fingerprint density at radius 1 is 1.17 bits per heavy atom. The molecule has 2 fully saturated rings. The molecule has 23 heavy (non-hydrogen) atoms. The zero-order chi connectivity index (χ0) is 15.6. The lowest BCUT2D eigenvalue weighted by Gasteiger charge is -2.39. The summed E-state index contributed by atoms with van der Waals surface area (Å²) in [4.78, 5) is 11.4. The summed E-state index contributed by atoms with van der Waals surface area (Å²) >= 11 is 0. The van der Waals surface area contributed by atoms with E-state index in [1.54, 1.807) is 13.4 Å². The normalized spacial score (nSPS) is 25.3. The smallest absolute Gasteiger partial charge is 0.254 e. The van der Waals surface area contributed by atoms with Crippen LogP contribution in [-0.4, -0.2) is 39.3 Å². The lowest BCUT2D eigenvalue weighted by Crippen LogP contribution is -2.42. The van der Waals surface area contributed by atoms with E-state index in [9.17, 15) is 0 Å². The number of hydrogen-bond donors (Lipinski definition) is 0. The summed E-state index contributed by atoms with van der Waals surface area (Å²) in [6, 6.07) is 2.78. The molecular formula is C17H25N5O. The minimum Gasteiger partial charge on any atom is -0.378 e. The number of anilines is 1. The Kier molecular flexibility index (Phi) is 4.16. The maximum absolute atomic E-state index is 5.29. The second-order valence-corrected chi connectivity index (χ2v) is 6.81. The maximum atomic E-state index is 5.29. The van der Waals surface area contributed by atoms with Crippen molar-refractivity contribution in [3.8, 4) is 0 Å². The second kappa shape index (κ2) is 6.43. The SMILES string of the molecule is COCc1cc(N2CCCC[C@@H]3CCCC[C@@H]32)n2ncnc2n1. The summed E-state index contributed by atoms with van der Waals surface area (Å²) in [5, 5.41) is 4.42. The van der Waals surface area contributed by atoms with Gasteiger partial charge in [-0.3, -0.25) is 0 Å². The number of nitrogens with zero attached hydrogens (tertiary/aromatic N) is 5. The Bertz CT molecular complexity index is 670. The van der Waals surface area contributed by atoms with Gasteiger partial charge in [-0.2, -0.15) is 14.6 Å². The van der Waals surface area contributed by atoms with Gasteiger partial charge >= 0.3 is 0 Å². The van der Waals surface area contributed by atoms with E-state index in [-0.39, 0.29) is 0 Å². The largest absolute Gasteiger partial charge is 0.378 e. The van der Waals surface area contributed by atoms with E-state index in [1.807, 2.05) is 4.52 Å². The van der Waals surface area contributed by atoms with Crippen molar-refractivity contribution in [2.24, 2.45) is 5.92 Å². The van der Waals surface area contributed by atoms with Gasteiger partial charge in [0.15, 0.2) is 0 Å². The third-order valence-corrected chi connectivity index (χ3v) is 5.37. The first-order chi connectivity index (χ1) is 11.4. The third kappa shape index (κ3) is 2.80. The summed E-state index contributed by atoms with van der Waals surface area (Å²) in [7, 11) is 1.71. The van der Waals surface area contributed by atoms with Crippen molar-refractivity contribution in [1.82, 2.24) is 19.6 Å². The van der Waals surface area contributed by atoms with Gasteiger partial charge in [0.05, 0.1) is 12.3 Å². The van der Waals surface area contributed by atoms with Gasteiger partial charge in [0, 0.05) is 25.8 Å². The molecule has 2 aromatic heterocycles. The van der Waals surface area contributed by atoms with Gasteiger partial charge in [0.25, 0.3) is 5.78 Å². The Balaban J connectivity index is 1.77. The quantitative estimate of drug-likeness (QED) is 0.872. The molecule has 4 rings (SSSR count). The Labute approximate surface area is 136 Å². The van der Waals surface area contributed by atoms with Crippen LogP contribution in [0.25, 0.3) is 5.78 Å². The first-order valence-electron chi connectivity index (χ1n) is 8.82. The summed E-state index contributed by atoms with van der Waals surface area (Å²) in [6.07, 6.45) is 11.0. The van der Waals surface area contributed by atoms with E-state index >= 15 is 0 Å². The van der Waals surface area contributed by atoms with Gasteiger partial charge in [0.2, 0.25) is 0 Å². The van der Waals surface area contributed by atoms with Gasteiger partial charge in [0.1, 0.15) is 12.1 Å². The highest BCUT2D eigenvalue weighted by molar-refractivity contribution is 5.48. The topological polar surface area (TPSA) is 55.6 Å². The van der Waals surface area contributed by atoms with Crippen LogP contribution in [0.2, 0.25) is 0 Å². The van der Waals surface area contributed by atoms with Gasteiger partial charge in [-0.15, -0.1) is 0 Å². The third-order valence-electron chi connectivity index (χ3n) is 5.37. The molecule has 0 spiro atoms. The number of rotatable bonds is 3. The zero-order valence-corrected chi connectivity index (χ0v) is 13.8. The summed E-state index contributed by atoms with van der Waals surface area (Å²) in [6.45, 7) is 1.62. The lowest BCUT2D eigenvalue weighted by molar-refractivity contribution is 0.181. The molecule has 0 bridgehead atoms. The van der Waals surface area contributed by atoms with Crippen LogP contribution >= 0.6 is 0 Å². The summed E-state index contributed by atoms with van der Waals surface area (Å²) in [5.41, 5.74) is 0.930. The average Bonchev–Trinajstić information content (AvgIpc) is 2.94. The predicted molar refractivity (Wildman–Crippen MR) is 88.4 cm³/mol. The Morgan fingerprint density at radius 3 is 2.87 bits per heavy atom. The fourth-order valence-electron chi connectivity index (χ4n) is 4.34. The second-order valence-electron chi connectivity index (χ2n) is 6.81. The average molecular weight is 315 g/mol. The van der Waals surface area contributed by atoms with Gasteiger partial charge in [-0.25, -0.2) is 4.98 Å². The van der Waals surface area contributed by atoms with E-state index < -0.39 is 0 Å². The molecule has 2 atom stereocenters. The van der Waals surface area contributed by atoms with Crippen LogP contribution in [0.5, 0.6) is 0 Å². The highest BCUT2D eigenvalue weighted by atomic mass is 16.5. The Morgan fingerprint density at radius 2 is 2.00 bits per heavy atom. The highest BCUT2D eigenvalue weighted by Crippen LogP contribution is 2.37. The standard InChI is InChI=1S/C17H25N5O/c1-23-11-14-10-16(22-17(20-14)18-12-19-22)21-9-5-4-7-13-6-2-3-8-15(13)21/h10,12-13,15H,2-9,11H2,1H3/t13-,15-/m0/s1. The van der Waals surface area contributed by atoms with Crippen LogP contribution in [0.15, 0.2) is 12.4 Å². The van der Waals surface area contributed by atoms with Crippen LogP contribution in [-0.2, 0) is 11.3 Å². The molecule has 0 radical (unpaired) electrons. The molecule has 1 aliphatic carbocycles. The van der Waals surface area contributed by atoms with Crippen LogP contribution in [0.4, 0.5) is 5.82 Å². The van der Waals surface area contributed by atoms with Crippen LogP contribution in [0, 0.1) is 5.92 Å². The lowest BCUT2D eigenvalue weighted by atomic mass is 9.81. The molecule has 1 aliphatic heterocycles. The molecule has 6 nitrogen and oxygen atoms in total. The van der Waals surface area contributed by atoms with E-state index in [0.29, 0.717) is 18.4 Å². The minimum atomic E-state index is 0.512. The molecule has 1 saturated carbocycles. The van der Waals surface area contributed by atoms with Crippen molar-refractivity contribution in [1.29, 1.82) is 0 Å². The maximum Gasteiger partial charge on any atom is 0.254 e. The van der Waals surface area contributed by atoms with Crippen molar-refractivity contribution in [2.45, 2.75) is 57.6 Å². The molecule has 3 heterocycles. The van der Waals surface area contributed by atoms with Gasteiger partial charge in [-0.05, 0) is 31.6 Å². The number of ether oxygens (including phenoxy) is 1. The fourth-order valence-corrected chi connectivity index (χ4v) is 4.34. The molecule has 2 aromatic rings. The molecule has 1 saturated heterocycles. The van der Waals surface area contributed by atoms with E-state index in [2.05, 4.69) is 26.0 Å². The van der Waals surface area contributed by atoms with E-state index in [1.165, 1.54) is 44.9 Å². The molecular weight excluding hydrogens is 290 g/mol. The summed E-state index contributed by atoms with van der Waals surface area (Å²) in [5.74, 6) is 2.63. The molecule has 0 amide bonds. The molecule has 124 valence electrons. The van der Waals surface area contributed by atoms with Crippen molar-refractivity contribution >= 4 is 11.6 Å². The number of methoxy groups -OCH3 is 1. The van der Waals surface area contributed by atoms with Crippen LogP contribution in [0.1, 0.15) is 50.6 Å². The molecule has 2 aliphatic rings. The van der Waals surface area contributed by atoms with Crippen molar-refractivity contribution in [3.63, 3.8) is 0 Å². The van der Waals surface area contributed by atoms with E-state index in [4.69, 9.17) is 4.74 Å². The molecule has 0 aromatic carbocycles. The van der Waals surface area contributed by atoms with Crippen molar-refractivity contribution in [3.05, 3.63) is 18.1 Å². The predicted octanol–water partition coefficient (Wildman–Crippen LogP) is 2.82. The molecule has 0 unspecified atom stereocenters. The minimum absolute atomic E-state index is 0.512. The van der Waals surface area contributed by atoms with Crippen LogP contribution in [0.3, 0.4) is 0 Å². The van der Waals surface area contributed by atoms with Crippen molar-refractivity contribution in [2.75, 3.05) is 18.6 Å². The molecule has 0 N–H and O–H groups in total. The summed E-state index contributed by atoms with van der Waals surface area (Å²) < 4.78 is 7.19. The van der Waals surface area contributed by atoms with Gasteiger partial charge < -0.3 is 9.64 Å². The monoisotopic (exact) mass is 315 g/mol. The number of aromatic nitrogens is 4. The Hall–Kier alpha value is -1.69. The number of hydrogen-bond acceptors (Lipinski definition) is 5. The molecule has 6 heteroatoms. The fraction of sp³-hybridized carbons (Fsp3) is 0.706. The van der Waals surface area contributed by atoms with E-state index in [0.717, 1.165) is 24.0 Å². The van der Waals surface area contributed by atoms with Gasteiger partial charge in [-0.1, -0.05) is 19.3 Å². The highest BCUT2D eigenvalue weighted by Gasteiger charge is 2.33. The zero-order valence-electron chi connectivity index (χ0n) is 13.8. The van der Waals surface area contributed by atoms with Crippen LogP contribution < -0.4 is 4.90 Å². The first kappa shape index (κ1) is 14.9.